The van der Waals surface area contributed by atoms with Gasteiger partial charge in [-0.3, -0.25) is 9.79 Å². The molecule has 3 atom stereocenters. The van der Waals surface area contributed by atoms with E-state index in [1.54, 1.807) is 19.4 Å². The summed E-state index contributed by atoms with van der Waals surface area (Å²) in [4.78, 5) is 31.5. The van der Waals surface area contributed by atoms with Crippen LogP contribution in [0.3, 0.4) is 0 Å². The number of thioether (sulfide) groups is 1. The number of aliphatic imine (C=N–C) groups is 1. The van der Waals surface area contributed by atoms with Gasteiger partial charge in [-0.05, 0) is 25.3 Å². The van der Waals surface area contributed by atoms with Crippen LogP contribution >= 0.6 is 11.8 Å². The first-order valence-corrected chi connectivity index (χ1v) is 9.59. The number of β-lactam (4-membered cyclic amide) rings is 1. The fourth-order valence-corrected chi connectivity index (χ4v) is 4.86. The Balaban J connectivity index is 1.77. The van der Waals surface area contributed by atoms with Crippen molar-refractivity contribution in [1.29, 1.82) is 0 Å². The first-order valence-electron chi connectivity index (χ1n) is 8.65. The molecule has 0 bridgehead atoms. The summed E-state index contributed by atoms with van der Waals surface area (Å²) in [6.07, 6.45) is 0. The number of aliphatic hydroxyl groups is 1. The van der Waals surface area contributed by atoms with Crippen molar-refractivity contribution in [3.05, 3.63) is 35.9 Å². The van der Waals surface area contributed by atoms with Crippen LogP contribution in [0.5, 0.6) is 0 Å². The first-order chi connectivity index (χ1) is 12.2. The van der Waals surface area contributed by atoms with Crippen LogP contribution in [0.2, 0.25) is 0 Å². The summed E-state index contributed by atoms with van der Waals surface area (Å²) in [7, 11) is 0. The van der Waals surface area contributed by atoms with Crippen LogP contribution in [0.15, 0.2) is 35.3 Å². The summed E-state index contributed by atoms with van der Waals surface area (Å²) in [5.41, 5.74) is -0.0407. The van der Waals surface area contributed by atoms with Gasteiger partial charge in [0.2, 0.25) is 0 Å². The summed E-state index contributed by atoms with van der Waals surface area (Å²) >= 11 is 1.35. The third kappa shape index (κ3) is 2.83. The third-order valence-corrected chi connectivity index (χ3v) is 6.00. The first kappa shape index (κ1) is 18.9. The molecule has 0 aromatic heterocycles. The lowest BCUT2D eigenvalue weighted by molar-refractivity contribution is -0.184. The van der Waals surface area contributed by atoms with Crippen molar-refractivity contribution in [1.82, 2.24) is 4.90 Å². The molecule has 2 aliphatic heterocycles. The molecule has 6 nitrogen and oxygen atoms in total. The zero-order valence-corrected chi connectivity index (χ0v) is 16.2. The van der Waals surface area contributed by atoms with E-state index in [0.29, 0.717) is 0 Å². The van der Waals surface area contributed by atoms with E-state index in [-0.39, 0.29) is 18.4 Å². The van der Waals surface area contributed by atoms with Crippen molar-refractivity contribution in [3.63, 3.8) is 0 Å². The van der Waals surface area contributed by atoms with Gasteiger partial charge in [-0.2, -0.15) is 0 Å². The summed E-state index contributed by atoms with van der Waals surface area (Å²) in [5, 5.41) is 10.1. The molecule has 2 aliphatic rings. The highest BCUT2D eigenvalue weighted by Crippen LogP contribution is 2.52. The van der Waals surface area contributed by atoms with Gasteiger partial charge in [0, 0.05) is 0 Å². The number of carbonyl (C=O) groups is 2. The maximum absolute atomic E-state index is 13.0. The van der Waals surface area contributed by atoms with Gasteiger partial charge in [-0.15, -0.1) is 0 Å². The molecule has 1 fully saturated rings. The number of amides is 1. The molecule has 0 unspecified atom stereocenters. The lowest BCUT2D eigenvalue weighted by atomic mass is 9.73. The molecule has 1 amide bonds. The SMILES string of the molecule is CC(C)[C@H](C(=O)OCc1ccccc1)N1C(=O)[C@@]2(C(C)(C)O)N=CS[C@@H]12. The van der Waals surface area contributed by atoms with Crippen LogP contribution in [0.4, 0.5) is 0 Å². The van der Waals surface area contributed by atoms with Crippen LogP contribution in [-0.4, -0.2) is 50.0 Å². The van der Waals surface area contributed by atoms with E-state index in [9.17, 15) is 14.7 Å². The Bertz CT molecular complexity index is 729. The number of nitrogens with zero attached hydrogens (tertiary/aromatic N) is 2. The largest absolute Gasteiger partial charge is 0.459 e. The highest BCUT2D eigenvalue weighted by Gasteiger charge is 2.72. The van der Waals surface area contributed by atoms with Crippen LogP contribution in [-0.2, 0) is 20.9 Å². The monoisotopic (exact) mass is 376 g/mol. The number of esters is 1. The molecule has 140 valence electrons. The second-order valence-electron chi connectivity index (χ2n) is 7.54. The third-order valence-electron chi connectivity index (χ3n) is 4.95. The molecular weight excluding hydrogens is 352 g/mol. The van der Waals surface area contributed by atoms with Crippen LogP contribution in [0.1, 0.15) is 33.3 Å². The Labute approximate surface area is 157 Å². The number of fused-ring (bicyclic) bond motifs is 1. The van der Waals surface area contributed by atoms with E-state index in [4.69, 9.17) is 4.74 Å². The van der Waals surface area contributed by atoms with Crippen LogP contribution in [0.25, 0.3) is 0 Å². The van der Waals surface area contributed by atoms with Gasteiger partial charge in [0.25, 0.3) is 5.91 Å². The number of benzene rings is 1. The summed E-state index contributed by atoms with van der Waals surface area (Å²) in [5.74, 6) is -0.885. The highest BCUT2D eigenvalue weighted by atomic mass is 32.2. The average Bonchev–Trinajstić information content (AvgIpc) is 2.98. The summed E-state index contributed by atoms with van der Waals surface area (Å²) < 4.78 is 5.48. The van der Waals surface area contributed by atoms with E-state index in [0.717, 1.165) is 5.56 Å². The molecule has 1 saturated heterocycles. The molecule has 3 rings (SSSR count). The number of rotatable bonds is 6. The van der Waals surface area contributed by atoms with Crippen molar-refractivity contribution in [2.24, 2.45) is 10.9 Å². The number of hydrogen-bond donors (Lipinski definition) is 1. The lowest BCUT2D eigenvalue weighted by Gasteiger charge is -2.57. The molecule has 1 aromatic carbocycles. The molecule has 0 aliphatic carbocycles. The van der Waals surface area contributed by atoms with Gasteiger partial charge in [0.1, 0.15) is 18.0 Å². The van der Waals surface area contributed by atoms with Crippen LogP contribution < -0.4 is 0 Å². The summed E-state index contributed by atoms with van der Waals surface area (Å²) in [6, 6.07) is 8.71. The van der Waals surface area contributed by atoms with Gasteiger partial charge in [0.05, 0.1) is 11.1 Å². The molecule has 1 aromatic rings. The van der Waals surface area contributed by atoms with E-state index in [2.05, 4.69) is 4.99 Å². The Kier molecular flexibility index (Phi) is 4.88. The van der Waals surface area contributed by atoms with Crippen LogP contribution in [0, 0.1) is 5.92 Å². The number of likely N-dealkylation sites (tertiary alicyclic amines) is 1. The van der Waals surface area contributed by atoms with Gasteiger partial charge < -0.3 is 14.7 Å². The minimum absolute atomic E-state index is 0.122. The molecule has 26 heavy (non-hydrogen) atoms. The van der Waals surface area contributed by atoms with E-state index in [1.807, 2.05) is 44.2 Å². The van der Waals surface area contributed by atoms with Gasteiger partial charge in [0.15, 0.2) is 5.54 Å². The molecule has 1 N–H and O–H groups in total. The van der Waals surface area contributed by atoms with E-state index in [1.165, 1.54) is 16.7 Å². The molecule has 0 spiro atoms. The quantitative estimate of drug-likeness (QED) is 0.608. The molecule has 0 saturated carbocycles. The topological polar surface area (TPSA) is 79.2 Å². The smallest absolute Gasteiger partial charge is 0.329 e. The number of carbonyl (C=O) groups excluding carboxylic acids is 2. The predicted octanol–water partition coefficient (Wildman–Crippen LogP) is 2.21. The maximum atomic E-state index is 13.0. The Morgan fingerprint density at radius 1 is 1.38 bits per heavy atom. The van der Waals surface area contributed by atoms with Gasteiger partial charge in [-0.25, -0.2) is 4.79 Å². The molecular formula is C19H24N2O4S. The lowest BCUT2D eigenvalue weighted by Crippen LogP contribution is -2.80. The second-order valence-corrected chi connectivity index (χ2v) is 8.47. The Hall–Kier alpha value is -1.86. The zero-order valence-electron chi connectivity index (χ0n) is 15.4. The zero-order chi connectivity index (χ0) is 19.1. The highest BCUT2D eigenvalue weighted by molar-refractivity contribution is 8.13. The van der Waals surface area contributed by atoms with Gasteiger partial charge in [-0.1, -0.05) is 55.9 Å². The molecule has 0 radical (unpaired) electrons. The number of hydrogen-bond acceptors (Lipinski definition) is 6. The number of ether oxygens (including phenoxy) is 1. The predicted molar refractivity (Wildman–Crippen MR) is 101 cm³/mol. The van der Waals surface area contributed by atoms with E-state index >= 15 is 0 Å². The fraction of sp³-hybridized carbons (Fsp3) is 0.526. The molecule has 2 heterocycles. The molecule has 7 heteroatoms. The minimum Gasteiger partial charge on any atom is -0.459 e. The Morgan fingerprint density at radius 2 is 2.04 bits per heavy atom. The normalized spacial score (nSPS) is 25.8. The van der Waals surface area contributed by atoms with Crippen molar-refractivity contribution < 1.29 is 19.4 Å². The summed E-state index contributed by atoms with van der Waals surface area (Å²) in [6.45, 7) is 7.08. The maximum Gasteiger partial charge on any atom is 0.329 e. The second kappa shape index (κ2) is 6.70. The Morgan fingerprint density at radius 3 is 2.62 bits per heavy atom. The van der Waals surface area contributed by atoms with E-state index < -0.39 is 28.5 Å². The van der Waals surface area contributed by atoms with Crippen molar-refractivity contribution in [2.45, 2.75) is 56.9 Å². The standard InChI is InChI=1S/C19H24N2O4S/c1-12(2)14(15(22)25-10-13-8-6-5-7-9-13)21-16(23)19(18(3,4)24)17(21)26-11-20-19/h5-9,11-12,14,17,24H,10H2,1-4H3/t14-,17-,19-/m1/s1. The van der Waals surface area contributed by atoms with Crippen molar-refractivity contribution in [3.8, 4) is 0 Å². The fourth-order valence-electron chi connectivity index (χ4n) is 3.51. The average molecular weight is 376 g/mol. The van der Waals surface area contributed by atoms with Crippen molar-refractivity contribution in [2.75, 3.05) is 0 Å². The van der Waals surface area contributed by atoms with Crippen molar-refractivity contribution >= 4 is 29.2 Å². The van der Waals surface area contributed by atoms with Gasteiger partial charge >= 0.3 is 5.97 Å². The minimum atomic E-state index is -1.30.